The van der Waals surface area contributed by atoms with Crippen molar-refractivity contribution in [1.82, 2.24) is 5.06 Å². The Morgan fingerprint density at radius 2 is 1.93 bits per heavy atom. The molecule has 1 atom stereocenters. The van der Waals surface area contributed by atoms with Crippen LogP contribution in [-0.2, 0) is 14.4 Å². The Labute approximate surface area is 83.8 Å². The van der Waals surface area contributed by atoms with Crippen LogP contribution >= 0.6 is 0 Å². The van der Waals surface area contributed by atoms with Crippen LogP contribution in [0.15, 0.2) is 24.8 Å². The fourth-order valence-electron chi connectivity index (χ4n) is 0.697. The highest BCUT2D eigenvalue weighted by Gasteiger charge is 2.19. The van der Waals surface area contributed by atoms with E-state index in [9.17, 15) is 9.59 Å². The van der Waals surface area contributed by atoms with Gasteiger partial charge in [0.15, 0.2) is 0 Å². The maximum atomic E-state index is 11.1. The summed E-state index contributed by atoms with van der Waals surface area (Å²) in [5.74, 6) is -0.971. The zero-order valence-electron chi connectivity index (χ0n) is 8.74. The molecule has 0 saturated carbocycles. The minimum absolute atomic E-state index is 0.243. The second-order valence-corrected chi connectivity index (χ2v) is 2.98. The van der Waals surface area contributed by atoms with Crippen LogP contribution in [0, 0.1) is 0 Å². The second kappa shape index (κ2) is 5.21. The summed E-state index contributed by atoms with van der Waals surface area (Å²) < 4.78 is 0. The number of hydroxylamine groups is 2. The fourth-order valence-corrected chi connectivity index (χ4v) is 0.697. The number of carbonyl (C=O) groups excluding carboxylic acids is 2. The minimum Gasteiger partial charge on any atom is -0.333 e. The van der Waals surface area contributed by atoms with Crippen molar-refractivity contribution in [3.63, 3.8) is 0 Å². The molecule has 0 spiro atoms. The van der Waals surface area contributed by atoms with Crippen LogP contribution in [0.4, 0.5) is 0 Å². The Balaban J connectivity index is 4.53. The van der Waals surface area contributed by atoms with Crippen LogP contribution in [0.5, 0.6) is 0 Å². The first-order chi connectivity index (χ1) is 6.40. The third-order valence-corrected chi connectivity index (χ3v) is 1.55. The van der Waals surface area contributed by atoms with E-state index in [0.29, 0.717) is 0 Å². The highest BCUT2D eigenvalue weighted by Crippen LogP contribution is 2.04. The SMILES string of the molecule is C=CC(C)N(OC(=O)C(=C)C)C(C)=O. The molecule has 0 N–H and O–H groups in total. The molecule has 0 rings (SSSR count). The van der Waals surface area contributed by atoms with E-state index in [0.717, 1.165) is 5.06 Å². The van der Waals surface area contributed by atoms with Crippen molar-refractivity contribution in [1.29, 1.82) is 0 Å². The molecule has 0 aromatic carbocycles. The van der Waals surface area contributed by atoms with Crippen LogP contribution in [-0.4, -0.2) is 23.0 Å². The Kier molecular flexibility index (Phi) is 4.63. The topological polar surface area (TPSA) is 46.6 Å². The molecule has 0 aromatic heterocycles. The molecule has 0 heterocycles. The van der Waals surface area contributed by atoms with Gasteiger partial charge in [0.2, 0.25) is 0 Å². The van der Waals surface area contributed by atoms with Crippen LogP contribution in [0.2, 0.25) is 0 Å². The van der Waals surface area contributed by atoms with Crippen LogP contribution in [0.25, 0.3) is 0 Å². The van der Waals surface area contributed by atoms with E-state index in [-0.39, 0.29) is 17.5 Å². The van der Waals surface area contributed by atoms with Gasteiger partial charge in [-0.2, -0.15) is 5.06 Å². The molecule has 78 valence electrons. The lowest BCUT2D eigenvalue weighted by atomic mass is 10.3. The summed E-state index contributed by atoms with van der Waals surface area (Å²) in [6.07, 6.45) is 1.51. The van der Waals surface area contributed by atoms with Gasteiger partial charge in [-0.1, -0.05) is 12.7 Å². The van der Waals surface area contributed by atoms with Gasteiger partial charge in [-0.25, -0.2) is 4.79 Å². The van der Waals surface area contributed by atoms with Gasteiger partial charge in [0.25, 0.3) is 5.91 Å². The number of carbonyl (C=O) groups is 2. The predicted molar refractivity (Wildman–Crippen MR) is 53.1 cm³/mol. The fraction of sp³-hybridized carbons (Fsp3) is 0.400. The molecule has 1 unspecified atom stereocenters. The first-order valence-electron chi connectivity index (χ1n) is 4.20. The molecule has 0 fully saturated rings. The van der Waals surface area contributed by atoms with Crippen molar-refractivity contribution >= 4 is 11.9 Å². The Hall–Kier alpha value is -1.58. The quantitative estimate of drug-likeness (QED) is 0.391. The Morgan fingerprint density at radius 3 is 2.21 bits per heavy atom. The van der Waals surface area contributed by atoms with Crippen molar-refractivity contribution in [2.75, 3.05) is 0 Å². The molecule has 4 nitrogen and oxygen atoms in total. The number of amides is 1. The molecule has 14 heavy (non-hydrogen) atoms. The average molecular weight is 197 g/mol. The number of hydrogen-bond acceptors (Lipinski definition) is 3. The molecule has 0 aliphatic heterocycles. The molecule has 1 amide bonds. The van der Waals surface area contributed by atoms with E-state index in [4.69, 9.17) is 4.84 Å². The van der Waals surface area contributed by atoms with E-state index < -0.39 is 5.97 Å². The van der Waals surface area contributed by atoms with Gasteiger partial charge in [-0.3, -0.25) is 4.79 Å². The summed E-state index contributed by atoms with van der Waals surface area (Å²) >= 11 is 0. The molecule has 0 aliphatic rings. The largest absolute Gasteiger partial charge is 0.358 e. The lowest BCUT2D eigenvalue weighted by molar-refractivity contribution is -0.198. The smallest absolute Gasteiger partial charge is 0.333 e. The standard InChI is InChI=1S/C10H15NO3/c1-6-8(4)11(9(5)12)14-10(13)7(2)3/h6,8H,1-2H2,3-5H3. The summed E-state index contributed by atoms with van der Waals surface area (Å²) in [7, 11) is 0. The van der Waals surface area contributed by atoms with E-state index in [1.165, 1.54) is 19.9 Å². The lowest BCUT2D eigenvalue weighted by Crippen LogP contribution is -2.37. The minimum atomic E-state index is -0.617. The van der Waals surface area contributed by atoms with Gasteiger partial charge in [0, 0.05) is 12.5 Å². The van der Waals surface area contributed by atoms with Crippen molar-refractivity contribution in [3.05, 3.63) is 24.8 Å². The maximum Gasteiger partial charge on any atom is 0.358 e. The average Bonchev–Trinajstić information content (AvgIpc) is 2.11. The van der Waals surface area contributed by atoms with Gasteiger partial charge in [0.1, 0.15) is 0 Å². The van der Waals surface area contributed by atoms with Crippen LogP contribution in [0.1, 0.15) is 20.8 Å². The van der Waals surface area contributed by atoms with E-state index >= 15 is 0 Å². The summed E-state index contributed by atoms with van der Waals surface area (Å²) in [6, 6.07) is -0.351. The van der Waals surface area contributed by atoms with Crippen molar-refractivity contribution in [3.8, 4) is 0 Å². The van der Waals surface area contributed by atoms with Gasteiger partial charge in [0.05, 0.1) is 6.04 Å². The van der Waals surface area contributed by atoms with Gasteiger partial charge >= 0.3 is 5.97 Å². The molecule has 0 aliphatic carbocycles. The Bertz CT molecular complexity index is 271. The van der Waals surface area contributed by atoms with Crippen molar-refractivity contribution in [2.24, 2.45) is 0 Å². The van der Waals surface area contributed by atoms with Crippen LogP contribution in [0.3, 0.4) is 0 Å². The molecule has 0 bridgehead atoms. The Morgan fingerprint density at radius 1 is 1.43 bits per heavy atom. The number of rotatable bonds is 3. The van der Waals surface area contributed by atoms with E-state index in [2.05, 4.69) is 13.2 Å². The number of hydrogen-bond donors (Lipinski definition) is 0. The van der Waals surface area contributed by atoms with Gasteiger partial charge < -0.3 is 4.84 Å². The second-order valence-electron chi connectivity index (χ2n) is 2.98. The first kappa shape index (κ1) is 12.4. The summed E-state index contributed by atoms with van der Waals surface area (Å²) in [6.45, 7) is 11.4. The molecule has 4 heteroatoms. The third kappa shape index (κ3) is 3.43. The van der Waals surface area contributed by atoms with Gasteiger partial charge in [-0.05, 0) is 13.8 Å². The molecular weight excluding hydrogens is 182 g/mol. The molecule has 0 aromatic rings. The van der Waals surface area contributed by atoms with Crippen molar-refractivity contribution in [2.45, 2.75) is 26.8 Å². The van der Waals surface area contributed by atoms with E-state index in [1.54, 1.807) is 6.92 Å². The number of nitrogens with zero attached hydrogens (tertiary/aromatic N) is 1. The van der Waals surface area contributed by atoms with Crippen LogP contribution < -0.4 is 0 Å². The monoisotopic (exact) mass is 197 g/mol. The molecule has 0 saturated heterocycles. The molecule has 0 radical (unpaired) electrons. The lowest BCUT2D eigenvalue weighted by Gasteiger charge is -2.23. The zero-order valence-corrected chi connectivity index (χ0v) is 8.74. The highest BCUT2D eigenvalue weighted by atomic mass is 16.7. The summed E-state index contributed by atoms with van der Waals surface area (Å²) in [5.41, 5.74) is 0.243. The highest BCUT2D eigenvalue weighted by molar-refractivity contribution is 5.88. The summed E-state index contributed by atoms with van der Waals surface area (Å²) in [4.78, 5) is 27.0. The maximum absolute atomic E-state index is 11.1. The molecular formula is C10H15NO3. The van der Waals surface area contributed by atoms with Gasteiger partial charge in [-0.15, -0.1) is 6.58 Å². The predicted octanol–water partition coefficient (Wildman–Crippen LogP) is 1.44. The first-order valence-corrected chi connectivity index (χ1v) is 4.20. The normalized spacial score (nSPS) is 11.4. The third-order valence-electron chi connectivity index (χ3n) is 1.55. The zero-order chi connectivity index (χ0) is 11.3. The summed E-state index contributed by atoms with van der Waals surface area (Å²) in [5, 5.41) is 0.962. The van der Waals surface area contributed by atoms with E-state index in [1.807, 2.05) is 0 Å². The van der Waals surface area contributed by atoms with Crippen molar-refractivity contribution < 1.29 is 14.4 Å².